The van der Waals surface area contributed by atoms with Gasteiger partial charge < -0.3 is 20.1 Å². The lowest BCUT2D eigenvalue weighted by Crippen LogP contribution is -2.29. The third kappa shape index (κ3) is 3.53. The lowest BCUT2D eigenvalue weighted by Gasteiger charge is -2.22. The second-order valence-corrected chi connectivity index (χ2v) is 7.42. The summed E-state index contributed by atoms with van der Waals surface area (Å²) in [5.41, 5.74) is 1.47. The maximum atomic E-state index is 13.4. The van der Waals surface area contributed by atoms with Crippen LogP contribution in [0.25, 0.3) is 16.6 Å². The number of benzene rings is 1. The van der Waals surface area contributed by atoms with Crippen LogP contribution in [-0.2, 0) is 10.2 Å². The molecule has 0 aliphatic carbocycles. The molecule has 7 nitrogen and oxygen atoms in total. The molecule has 0 aliphatic rings. The molecule has 146 valence electrons. The lowest BCUT2D eigenvalue weighted by atomic mass is 9.92. The van der Waals surface area contributed by atoms with Gasteiger partial charge in [-0.1, -0.05) is 20.8 Å². The number of rotatable bonds is 4. The van der Waals surface area contributed by atoms with Gasteiger partial charge in [0.2, 0.25) is 0 Å². The first-order chi connectivity index (χ1) is 13.1. The smallest absolute Gasteiger partial charge is 0.322 e. The first-order valence-electron chi connectivity index (χ1n) is 8.59. The van der Waals surface area contributed by atoms with E-state index in [-0.39, 0.29) is 22.7 Å². The van der Waals surface area contributed by atoms with E-state index in [2.05, 4.69) is 10.3 Å². The fourth-order valence-corrected chi connectivity index (χ4v) is 2.98. The lowest BCUT2D eigenvalue weighted by molar-refractivity contribution is -0.135. The summed E-state index contributed by atoms with van der Waals surface area (Å²) in [5.74, 6) is -2.69. The Morgan fingerprint density at radius 3 is 2.43 bits per heavy atom. The van der Waals surface area contributed by atoms with E-state index in [1.54, 1.807) is 18.2 Å². The Morgan fingerprint density at radius 2 is 1.86 bits per heavy atom. The number of carboxylic acids is 1. The number of hydrogen-bond acceptors (Lipinski definition) is 4. The Balaban J connectivity index is 2.20. The van der Waals surface area contributed by atoms with Crippen molar-refractivity contribution >= 4 is 22.8 Å². The molecule has 0 radical (unpaired) electrons. The molecular weight excluding hydrogens is 365 g/mol. The summed E-state index contributed by atoms with van der Waals surface area (Å²) in [4.78, 5) is 26.8. The highest BCUT2D eigenvalue weighted by Crippen LogP contribution is 2.36. The van der Waals surface area contributed by atoms with Crippen molar-refractivity contribution in [2.45, 2.75) is 26.2 Å². The fourth-order valence-electron chi connectivity index (χ4n) is 2.98. The molecule has 0 atom stereocenters. The molecule has 0 bridgehead atoms. The molecule has 28 heavy (non-hydrogen) atoms. The third-order valence-electron chi connectivity index (χ3n) is 4.30. The van der Waals surface area contributed by atoms with E-state index >= 15 is 0 Å². The van der Waals surface area contributed by atoms with Crippen molar-refractivity contribution in [3.05, 3.63) is 53.7 Å². The van der Waals surface area contributed by atoms with E-state index in [9.17, 15) is 19.1 Å². The molecule has 1 aromatic carbocycles. The molecule has 3 rings (SSSR count). The number of nitrogens with zero attached hydrogens (tertiary/aromatic N) is 2. The molecule has 2 aromatic heterocycles. The summed E-state index contributed by atoms with van der Waals surface area (Å²) in [7, 11) is 0. The number of aromatic nitrogens is 2. The molecule has 0 saturated heterocycles. The van der Waals surface area contributed by atoms with Gasteiger partial charge in [-0.05, 0) is 30.3 Å². The van der Waals surface area contributed by atoms with E-state index < -0.39 is 18.4 Å². The summed E-state index contributed by atoms with van der Waals surface area (Å²) in [6, 6.07) is 7.68. The molecule has 0 fully saturated rings. The number of pyridine rings is 1. The first-order valence-corrected chi connectivity index (χ1v) is 8.59. The van der Waals surface area contributed by atoms with Gasteiger partial charge in [0.15, 0.2) is 11.4 Å². The van der Waals surface area contributed by atoms with Gasteiger partial charge in [-0.25, -0.2) is 9.37 Å². The molecule has 0 unspecified atom stereocenters. The quantitative estimate of drug-likeness (QED) is 0.640. The van der Waals surface area contributed by atoms with E-state index in [4.69, 9.17) is 5.11 Å². The van der Waals surface area contributed by atoms with Gasteiger partial charge in [-0.2, -0.15) is 0 Å². The van der Waals surface area contributed by atoms with Gasteiger partial charge in [0.1, 0.15) is 12.4 Å². The number of amides is 1. The van der Waals surface area contributed by atoms with Crippen molar-refractivity contribution in [2.75, 3.05) is 6.54 Å². The molecular formula is C20H20FN3O4. The van der Waals surface area contributed by atoms with Crippen molar-refractivity contribution in [3.8, 4) is 11.4 Å². The summed E-state index contributed by atoms with van der Waals surface area (Å²) < 4.78 is 15.2. The summed E-state index contributed by atoms with van der Waals surface area (Å²) in [6.07, 6.45) is 1.43. The predicted molar refractivity (Wildman–Crippen MR) is 101 cm³/mol. The minimum Gasteiger partial charge on any atom is -0.505 e. The standard InChI is InChI=1S/C20H20FN3O4/c1-20(2,3)15-8-13-14(24(15)12-6-4-11(21)5-7-12)9-22-17(18(13)27)19(28)23-10-16(25)26/h4-9,27H,10H2,1-3H3,(H,23,28)(H,25,26). The summed E-state index contributed by atoms with van der Waals surface area (Å²) in [5, 5.41) is 21.9. The second-order valence-electron chi connectivity index (χ2n) is 7.42. The zero-order valence-electron chi connectivity index (χ0n) is 15.7. The SMILES string of the molecule is CC(C)(C)c1cc2c(O)c(C(=O)NCC(=O)O)ncc2n1-c1ccc(F)cc1. The highest BCUT2D eigenvalue weighted by molar-refractivity contribution is 6.02. The van der Waals surface area contributed by atoms with Crippen LogP contribution in [0.5, 0.6) is 5.75 Å². The van der Waals surface area contributed by atoms with Crippen molar-refractivity contribution in [1.82, 2.24) is 14.9 Å². The highest BCUT2D eigenvalue weighted by Gasteiger charge is 2.25. The van der Waals surface area contributed by atoms with Crippen LogP contribution in [0.15, 0.2) is 36.5 Å². The topological polar surface area (TPSA) is 104 Å². The van der Waals surface area contributed by atoms with Crippen LogP contribution in [0.2, 0.25) is 0 Å². The Labute approximate surface area is 160 Å². The Kier molecular flexibility index (Phi) is 4.80. The highest BCUT2D eigenvalue weighted by atomic mass is 19.1. The summed E-state index contributed by atoms with van der Waals surface area (Å²) >= 11 is 0. The number of aliphatic carboxylic acids is 1. The fraction of sp³-hybridized carbons (Fsp3) is 0.250. The molecule has 0 aliphatic heterocycles. The Bertz CT molecular complexity index is 1070. The molecule has 2 heterocycles. The van der Waals surface area contributed by atoms with Gasteiger partial charge in [-0.3, -0.25) is 9.59 Å². The average Bonchev–Trinajstić information content (AvgIpc) is 3.01. The van der Waals surface area contributed by atoms with Crippen LogP contribution in [0, 0.1) is 5.82 Å². The van der Waals surface area contributed by atoms with E-state index in [0.29, 0.717) is 16.6 Å². The van der Waals surface area contributed by atoms with Crippen LogP contribution in [0.1, 0.15) is 37.0 Å². The first kappa shape index (κ1) is 19.3. The normalized spacial score (nSPS) is 11.6. The van der Waals surface area contributed by atoms with Crippen molar-refractivity contribution in [1.29, 1.82) is 0 Å². The number of halogens is 1. The van der Waals surface area contributed by atoms with E-state index in [0.717, 1.165) is 5.69 Å². The molecule has 0 spiro atoms. The Hall–Kier alpha value is -3.42. The minimum absolute atomic E-state index is 0.259. The minimum atomic E-state index is -1.20. The van der Waals surface area contributed by atoms with Crippen LogP contribution < -0.4 is 5.32 Å². The number of hydrogen-bond donors (Lipinski definition) is 3. The van der Waals surface area contributed by atoms with Crippen LogP contribution in [-0.4, -0.2) is 38.2 Å². The van der Waals surface area contributed by atoms with Crippen molar-refractivity contribution in [3.63, 3.8) is 0 Å². The van der Waals surface area contributed by atoms with Crippen LogP contribution in [0.3, 0.4) is 0 Å². The maximum absolute atomic E-state index is 13.4. The zero-order chi connectivity index (χ0) is 20.6. The van der Waals surface area contributed by atoms with Crippen molar-refractivity contribution < 1.29 is 24.2 Å². The van der Waals surface area contributed by atoms with Gasteiger partial charge in [0.05, 0.1) is 11.7 Å². The molecule has 8 heteroatoms. The number of fused-ring (bicyclic) bond motifs is 1. The van der Waals surface area contributed by atoms with E-state index in [1.165, 1.54) is 18.3 Å². The maximum Gasteiger partial charge on any atom is 0.322 e. The zero-order valence-corrected chi connectivity index (χ0v) is 15.7. The van der Waals surface area contributed by atoms with E-state index in [1.807, 2.05) is 25.3 Å². The van der Waals surface area contributed by atoms with Crippen LogP contribution >= 0.6 is 0 Å². The van der Waals surface area contributed by atoms with Crippen LogP contribution in [0.4, 0.5) is 4.39 Å². The third-order valence-corrected chi connectivity index (χ3v) is 4.30. The monoisotopic (exact) mass is 385 g/mol. The molecule has 1 amide bonds. The van der Waals surface area contributed by atoms with Gasteiger partial charge in [-0.15, -0.1) is 0 Å². The number of carboxylic acid groups (broad SMARTS) is 1. The molecule has 3 aromatic rings. The van der Waals surface area contributed by atoms with Gasteiger partial charge in [0, 0.05) is 22.2 Å². The van der Waals surface area contributed by atoms with Gasteiger partial charge >= 0.3 is 5.97 Å². The molecule has 3 N–H and O–H groups in total. The largest absolute Gasteiger partial charge is 0.505 e. The van der Waals surface area contributed by atoms with Crippen molar-refractivity contribution in [2.24, 2.45) is 0 Å². The Morgan fingerprint density at radius 1 is 1.21 bits per heavy atom. The molecule has 0 saturated carbocycles. The number of carbonyl (C=O) groups is 2. The average molecular weight is 385 g/mol. The summed E-state index contributed by atoms with van der Waals surface area (Å²) in [6.45, 7) is 5.40. The predicted octanol–water partition coefficient (Wildman–Crippen LogP) is 2.98. The number of nitrogens with one attached hydrogen (secondary N) is 1. The number of carbonyl (C=O) groups excluding carboxylic acids is 1. The number of aromatic hydroxyl groups is 1. The van der Waals surface area contributed by atoms with Gasteiger partial charge in [0.25, 0.3) is 5.91 Å². The second kappa shape index (κ2) is 6.95.